The SMILES string of the molecule is CCc1ccc(CC(C)(O)c2ccoc2)nc1. The minimum absolute atomic E-state index is 0.483. The molecule has 0 fully saturated rings. The van der Waals surface area contributed by atoms with Gasteiger partial charge in [0.05, 0.1) is 18.1 Å². The first kappa shape index (κ1) is 11.9. The number of nitrogens with zero attached hydrogens (tertiary/aromatic N) is 1. The largest absolute Gasteiger partial charge is 0.472 e. The Morgan fingerprint density at radius 1 is 1.35 bits per heavy atom. The van der Waals surface area contributed by atoms with E-state index in [2.05, 4.69) is 11.9 Å². The van der Waals surface area contributed by atoms with E-state index in [-0.39, 0.29) is 0 Å². The number of rotatable bonds is 4. The van der Waals surface area contributed by atoms with Crippen LogP contribution >= 0.6 is 0 Å². The Morgan fingerprint density at radius 3 is 2.71 bits per heavy atom. The third kappa shape index (κ3) is 2.74. The number of aliphatic hydroxyl groups is 1. The summed E-state index contributed by atoms with van der Waals surface area (Å²) in [7, 11) is 0. The smallest absolute Gasteiger partial charge is 0.0963 e. The first-order chi connectivity index (χ1) is 8.12. The first-order valence-corrected chi connectivity index (χ1v) is 5.80. The lowest BCUT2D eigenvalue weighted by Crippen LogP contribution is -2.24. The highest BCUT2D eigenvalue weighted by molar-refractivity contribution is 5.21. The first-order valence-electron chi connectivity index (χ1n) is 5.80. The van der Waals surface area contributed by atoms with Crippen molar-refractivity contribution in [2.24, 2.45) is 0 Å². The molecular weight excluding hydrogens is 214 g/mol. The molecule has 0 amide bonds. The van der Waals surface area contributed by atoms with E-state index in [1.807, 2.05) is 18.3 Å². The average molecular weight is 231 g/mol. The van der Waals surface area contributed by atoms with Crippen LogP contribution in [0, 0.1) is 0 Å². The highest BCUT2D eigenvalue weighted by Gasteiger charge is 2.25. The van der Waals surface area contributed by atoms with Crippen molar-refractivity contribution in [2.45, 2.75) is 32.3 Å². The van der Waals surface area contributed by atoms with E-state index in [1.54, 1.807) is 25.5 Å². The van der Waals surface area contributed by atoms with Gasteiger partial charge < -0.3 is 9.52 Å². The van der Waals surface area contributed by atoms with Crippen molar-refractivity contribution in [3.63, 3.8) is 0 Å². The van der Waals surface area contributed by atoms with E-state index in [4.69, 9.17) is 4.42 Å². The molecule has 2 rings (SSSR count). The molecule has 0 saturated carbocycles. The summed E-state index contributed by atoms with van der Waals surface area (Å²) in [6.07, 6.45) is 6.46. The fourth-order valence-corrected chi connectivity index (χ4v) is 1.79. The van der Waals surface area contributed by atoms with Crippen LogP contribution in [-0.2, 0) is 18.4 Å². The third-order valence-corrected chi connectivity index (χ3v) is 2.96. The summed E-state index contributed by atoms with van der Waals surface area (Å²) >= 11 is 0. The van der Waals surface area contributed by atoms with Gasteiger partial charge in [-0.25, -0.2) is 0 Å². The molecule has 0 aliphatic carbocycles. The van der Waals surface area contributed by atoms with Crippen molar-refractivity contribution in [1.29, 1.82) is 0 Å². The minimum Gasteiger partial charge on any atom is -0.472 e. The van der Waals surface area contributed by atoms with Gasteiger partial charge in [0, 0.05) is 23.9 Å². The van der Waals surface area contributed by atoms with Gasteiger partial charge in [-0.3, -0.25) is 4.98 Å². The van der Waals surface area contributed by atoms with Gasteiger partial charge in [-0.05, 0) is 31.0 Å². The molecule has 0 bridgehead atoms. The lowest BCUT2D eigenvalue weighted by Gasteiger charge is -2.21. The predicted molar refractivity (Wildman–Crippen MR) is 65.6 cm³/mol. The molecule has 90 valence electrons. The molecule has 17 heavy (non-hydrogen) atoms. The average Bonchev–Trinajstić information content (AvgIpc) is 2.84. The molecule has 1 N–H and O–H groups in total. The summed E-state index contributed by atoms with van der Waals surface area (Å²) < 4.78 is 4.99. The molecule has 2 heterocycles. The van der Waals surface area contributed by atoms with Gasteiger partial charge in [-0.2, -0.15) is 0 Å². The monoisotopic (exact) mass is 231 g/mol. The van der Waals surface area contributed by atoms with Gasteiger partial charge in [0.2, 0.25) is 0 Å². The van der Waals surface area contributed by atoms with E-state index in [0.717, 1.165) is 17.7 Å². The molecule has 0 aliphatic heterocycles. The van der Waals surface area contributed by atoms with E-state index in [0.29, 0.717) is 6.42 Å². The quantitative estimate of drug-likeness (QED) is 0.880. The lowest BCUT2D eigenvalue weighted by molar-refractivity contribution is 0.0560. The van der Waals surface area contributed by atoms with Crippen LogP contribution in [0.4, 0.5) is 0 Å². The van der Waals surface area contributed by atoms with E-state index < -0.39 is 5.60 Å². The predicted octanol–water partition coefficient (Wildman–Crippen LogP) is 2.69. The number of hydrogen-bond acceptors (Lipinski definition) is 3. The second-order valence-electron chi connectivity index (χ2n) is 4.47. The molecule has 3 nitrogen and oxygen atoms in total. The van der Waals surface area contributed by atoms with Gasteiger partial charge >= 0.3 is 0 Å². The summed E-state index contributed by atoms with van der Waals surface area (Å²) in [5.41, 5.74) is 1.93. The van der Waals surface area contributed by atoms with Crippen LogP contribution in [0.3, 0.4) is 0 Å². The molecule has 0 aliphatic rings. The van der Waals surface area contributed by atoms with Gasteiger partial charge in [-0.15, -0.1) is 0 Å². The van der Waals surface area contributed by atoms with Crippen molar-refractivity contribution in [2.75, 3.05) is 0 Å². The Bertz CT molecular complexity index is 457. The molecule has 0 spiro atoms. The summed E-state index contributed by atoms with van der Waals surface area (Å²) in [4.78, 5) is 4.35. The van der Waals surface area contributed by atoms with Crippen molar-refractivity contribution >= 4 is 0 Å². The summed E-state index contributed by atoms with van der Waals surface area (Å²) in [6.45, 7) is 3.87. The fourth-order valence-electron chi connectivity index (χ4n) is 1.79. The van der Waals surface area contributed by atoms with Crippen LogP contribution in [0.15, 0.2) is 41.3 Å². The van der Waals surface area contributed by atoms with Crippen LogP contribution < -0.4 is 0 Å². The normalized spacial score (nSPS) is 14.5. The molecule has 2 aromatic heterocycles. The van der Waals surface area contributed by atoms with Crippen molar-refractivity contribution in [1.82, 2.24) is 4.98 Å². The van der Waals surface area contributed by atoms with Gasteiger partial charge in [0.15, 0.2) is 0 Å². The molecule has 0 saturated heterocycles. The van der Waals surface area contributed by atoms with E-state index in [9.17, 15) is 5.11 Å². The second-order valence-corrected chi connectivity index (χ2v) is 4.47. The molecule has 1 atom stereocenters. The van der Waals surface area contributed by atoms with E-state index in [1.165, 1.54) is 5.56 Å². The molecule has 2 aromatic rings. The summed E-state index contributed by atoms with van der Waals surface area (Å²) in [5, 5.41) is 10.4. The number of furan rings is 1. The zero-order valence-corrected chi connectivity index (χ0v) is 10.2. The zero-order valence-electron chi connectivity index (χ0n) is 10.2. The Hall–Kier alpha value is -1.61. The standard InChI is InChI=1S/C14H17NO2/c1-3-11-4-5-13(15-9-11)8-14(2,16)12-6-7-17-10-12/h4-7,9-10,16H,3,8H2,1-2H3. The number of hydrogen-bond donors (Lipinski definition) is 1. The van der Waals surface area contributed by atoms with Gasteiger partial charge in [0.25, 0.3) is 0 Å². The van der Waals surface area contributed by atoms with Gasteiger partial charge in [0.1, 0.15) is 0 Å². The molecule has 0 radical (unpaired) electrons. The molecule has 0 aromatic carbocycles. The van der Waals surface area contributed by atoms with Crippen LogP contribution in [0.2, 0.25) is 0 Å². The van der Waals surface area contributed by atoms with Gasteiger partial charge in [-0.1, -0.05) is 13.0 Å². The maximum atomic E-state index is 10.4. The zero-order chi connectivity index (χ0) is 12.3. The Labute approximate surface area is 101 Å². The number of aryl methyl sites for hydroxylation is 1. The summed E-state index contributed by atoms with van der Waals surface area (Å²) in [6, 6.07) is 5.79. The van der Waals surface area contributed by atoms with E-state index >= 15 is 0 Å². The number of pyridine rings is 1. The van der Waals surface area contributed by atoms with Crippen LogP contribution in [0.5, 0.6) is 0 Å². The molecule has 1 unspecified atom stereocenters. The lowest BCUT2D eigenvalue weighted by atomic mass is 9.93. The molecular formula is C14H17NO2. The van der Waals surface area contributed by atoms with Crippen LogP contribution in [0.1, 0.15) is 30.7 Å². The second kappa shape index (κ2) is 4.72. The Kier molecular flexibility index (Phi) is 3.29. The minimum atomic E-state index is -0.937. The third-order valence-electron chi connectivity index (χ3n) is 2.96. The topological polar surface area (TPSA) is 46.3 Å². The Balaban J connectivity index is 2.14. The highest BCUT2D eigenvalue weighted by Crippen LogP contribution is 2.24. The maximum Gasteiger partial charge on any atom is 0.0963 e. The van der Waals surface area contributed by atoms with Crippen molar-refractivity contribution < 1.29 is 9.52 Å². The fraction of sp³-hybridized carbons (Fsp3) is 0.357. The Morgan fingerprint density at radius 2 is 2.18 bits per heavy atom. The highest BCUT2D eigenvalue weighted by atomic mass is 16.3. The maximum absolute atomic E-state index is 10.4. The van der Waals surface area contributed by atoms with Crippen LogP contribution in [0.25, 0.3) is 0 Å². The van der Waals surface area contributed by atoms with Crippen LogP contribution in [-0.4, -0.2) is 10.1 Å². The molecule has 3 heteroatoms. The van der Waals surface area contributed by atoms with Crippen molar-refractivity contribution in [3.05, 3.63) is 53.7 Å². The summed E-state index contributed by atoms with van der Waals surface area (Å²) in [5.74, 6) is 0. The van der Waals surface area contributed by atoms with Crippen molar-refractivity contribution in [3.8, 4) is 0 Å². The number of aromatic nitrogens is 1.